The van der Waals surface area contributed by atoms with E-state index in [1.165, 1.54) is 11.8 Å². The van der Waals surface area contributed by atoms with E-state index in [1.54, 1.807) is 0 Å². The molecule has 0 aliphatic carbocycles. The third kappa shape index (κ3) is 4.41. The fourth-order valence-corrected chi connectivity index (χ4v) is 3.90. The molecule has 0 radical (unpaired) electrons. The summed E-state index contributed by atoms with van der Waals surface area (Å²) in [6.45, 7) is 0.233. The van der Waals surface area contributed by atoms with Gasteiger partial charge in [0, 0.05) is 22.8 Å². The third-order valence-corrected chi connectivity index (χ3v) is 5.29. The lowest BCUT2D eigenvalue weighted by molar-refractivity contribution is -0.305. The first-order valence-electron chi connectivity index (χ1n) is 9.15. The van der Waals surface area contributed by atoms with Crippen molar-refractivity contribution in [3.8, 4) is 11.4 Å². The van der Waals surface area contributed by atoms with E-state index in [4.69, 9.17) is 4.74 Å². The van der Waals surface area contributed by atoms with Gasteiger partial charge in [0.2, 0.25) is 0 Å². The van der Waals surface area contributed by atoms with Gasteiger partial charge in [-0.1, -0.05) is 66.4 Å². The SMILES string of the molecule is O=C([O-])CCSc1nnc(COc2cccc3ccccc23)n1-c1ccccc1. The van der Waals surface area contributed by atoms with Gasteiger partial charge in [-0.2, -0.15) is 0 Å². The van der Waals surface area contributed by atoms with Crippen LogP contribution in [0.25, 0.3) is 16.5 Å². The fourth-order valence-electron chi connectivity index (χ4n) is 3.01. The Morgan fingerprint density at radius 3 is 2.55 bits per heavy atom. The maximum Gasteiger partial charge on any atom is 0.195 e. The zero-order valence-electron chi connectivity index (χ0n) is 15.5. The first-order chi connectivity index (χ1) is 14.2. The summed E-state index contributed by atoms with van der Waals surface area (Å²) < 4.78 is 7.98. The van der Waals surface area contributed by atoms with Crippen LogP contribution in [0.15, 0.2) is 78.0 Å². The van der Waals surface area contributed by atoms with E-state index in [0.29, 0.717) is 16.7 Å². The van der Waals surface area contributed by atoms with Crippen molar-refractivity contribution >= 4 is 28.5 Å². The molecule has 0 fully saturated rings. The molecule has 4 rings (SSSR count). The Morgan fingerprint density at radius 1 is 0.966 bits per heavy atom. The number of hydrogen-bond donors (Lipinski definition) is 0. The van der Waals surface area contributed by atoms with Crippen molar-refractivity contribution in [1.82, 2.24) is 14.8 Å². The highest BCUT2D eigenvalue weighted by Crippen LogP contribution is 2.27. The van der Waals surface area contributed by atoms with Gasteiger partial charge < -0.3 is 14.6 Å². The lowest BCUT2D eigenvalue weighted by Crippen LogP contribution is -2.22. The van der Waals surface area contributed by atoms with Gasteiger partial charge >= 0.3 is 0 Å². The third-order valence-electron chi connectivity index (χ3n) is 4.36. The van der Waals surface area contributed by atoms with E-state index in [1.807, 2.05) is 77.4 Å². The summed E-state index contributed by atoms with van der Waals surface area (Å²) in [7, 11) is 0. The van der Waals surface area contributed by atoms with Crippen molar-refractivity contribution in [2.24, 2.45) is 0 Å². The van der Waals surface area contributed by atoms with Crippen molar-refractivity contribution < 1.29 is 14.6 Å². The molecule has 0 aliphatic rings. The van der Waals surface area contributed by atoms with Crippen molar-refractivity contribution in [1.29, 1.82) is 0 Å². The quantitative estimate of drug-likeness (QED) is 0.420. The number of carboxylic acids is 1. The Morgan fingerprint density at radius 2 is 1.72 bits per heavy atom. The van der Waals surface area contributed by atoms with Crippen molar-refractivity contribution in [3.05, 3.63) is 78.6 Å². The zero-order valence-corrected chi connectivity index (χ0v) is 16.3. The van der Waals surface area contributed by atoms with Crippen molar-refractivity contribution in [3.63, 3.8) is 0 Å². The molecule has 146 valence electrons. The number of aromatic nitrogens is 3. The highest BCUT2D eigenvalue weighted by Gasteiger charge is 2.15. The molecule has 0 unspecified atom stereocenters. The van der Waals surface area contributed by atoms with Crippen LogP contribution in [0, 0.1) is 0 Å². The van der Waals surface area contributed by atoms with Crippen LogP contribution in [0.1, 0.15) is 12.2 Å². The van der Waals surface area contributed by atoms with Crippen molar-refractivity contribution in [2.75, 3.05) is 5.75 Å². The molecule has 7 heteroatoms. The van der Waals surface area contributed by atoms with Gasteiger partial charge in [-0.05, 0) is 30.0 Å². The molecule has 0 bridgehead atoms. The second-order valence-electron chi connectivity index (χ2n) is 6.31. The number of carbonyl (C=O) groups excluding carboxylic acids is 1. The van der Waals surface area contributed by atoms with Gasteiger partial charge in [0.15, 0.2) is 11.0 Å². The molecule has 0 atom stereocenters. The summed E-state index contributed by atoms with van der Waals surface area (Å²) in [6, 6.07) is 23.7. The number of nitrogens with zero attached hydrogens (tertiary/aromatic N) is 3. The molecule has 4 aromatic rings. The van der Waals surface area contributed by atoms with Crippen LogP contribution in [0.3, 0.4) is 0 Å². The van der Waals surface area contributed by atoms with Gasteiger partial charge in [-0.25, -0.2) is 0 Å². The minimum atomic E-state index is -1.08. The van der Waals surface area contributed by atoms with Crippen LogP contribution in [0.5, 0.6) is 5.75 Å². The van der Waals surface area contributed by atoms with E-state index in [9.17, 15) is 9.90 Å². The smallest absolute Gasteiger partial charge is 0.195 e. The first kappa shape index (κ1) is 19.0. The lowest BCUT2D eigenvalue weighted by Gasteiger charge is -2.12. The van der Waals surface area contributed by atoms with E-state index in [0.717, 1.165) is 22.2 Å². The average Bonchev–Trinajstić information content (AvgIpc) is 3.15. The van der Waals surface area contributed by atoms with Gasteiger partial charge in [0.25, 0.3) is 0 Å². The standard InChI is InChI=1S/C22H19N3O3S/c26-21(27)13-14-29-22-24-23-20(25(22)17-9-2-1-3-10-17)15-28-19-12-6-8-16-7-4-5-11-18(16)19/h1-12H,13-15H2,(H,26,27)/p-1. The van der Waals surface area contributed by atoms with E-state index in [2.05, 4.69) is 10.2 Å². The summed E-state index contributed by atoms with van der Waals surface area (Å²) in [6.07, 6.45) is -0.0475. The number of carbonyl (C=O) groups is 1. The minimum absolute atomic E-state index is 0.0475. The molecule has 1 heterocycles. The summed E-state index contributed by atoms with van der Waals surface area (Å²) in [5, 5.41) is 22.0. The normalized spacial score (nSPS) is 10.9. The Labute approximate surface area is 172 Å². The Kier molecular flexibility index (Phi) is 5.76. The molecular weight excluding hydrogens is 386 g/mol. The maximum absolute atomic E-state index is 10.7. The molecule has 1 aromatic heterocycles. The number of thioether (sulfide) groups is 1. The monoisotopic (exact) mass is 404 g/mol. The maximum atomic E-state index is 10.7. The van der Waals surface area contributed by atoms with Gasteiger partial charge in [-0.3, -0.25) is 4.57 Å². The second-order valence-corrected chi connectivity index (χ2v) is 7.37. The lowest BCUT2D eigenvalue weighted by atomic mass is 10.1. The van der Waals surface area contributed by atoms with Crippen LogP contribution in [0.2, 0.25) is 0 Å². The van der Waals surface area contributed by atoms with Crippen molar-refractivity contribution in [2.45, 2.75) is 18.2 Å². The molecule has 0 aliphatic heterocycles. The summed E-state index contributed by atoms with van der Waals surface area (Å²) in [5.41, 5.74) is 0.893. The number of ether oxygens (including phenoxy) is 1. The fraction of sp³-hybridized carbons (Fsp3) is 0.136. The molecule has 0 saturated heterocycles. The van der Waals surface area contributed by atoms with E-state index < -0.39 is 5.97 Å². The molecule has 0 N–H and O–H groups in total. The molecule has 0 saturated carbocycles. The predicted octanol–water partition coefficient (Wildman–Crippen LogP) is 3.23. The van der Waals surface area contributed by atoms with Gasteiger partial charge in [0.1, 0.15) is 12.4 Å². The number of carboxylic acid groups (broad SMARTS) is 1. The Balaban J connectivity index is 1.61. The number of hydrogen-bond acceptors (Lipinski definition) is 6. The highest BCUT2D eigenvalue weighted by atomic mass is 32.2. The van der Waals surface area contributed by atoms with Gasteiger partial charge in [-0.15, -0.1) is 10.2 Å². The minimum Gasteiger partial charge on any atom is -0.550 e. The molecule has 0 amide bonds. The molecular formula is C22H18N3O3S-. The Hall–Kier alpha value is -3.32. The average molecular weight is 404 g/mol. The number of para-hydroxylation sites is 1. The molecule has 3 aromatic carbocycles. The first-order valence-corrected chi connectivity index (χ1v) is 10.1. The Bertz CT molecular complexity index is 1120. The topological polar surface area (TPSA) is 80.1 Å². The zero-order chi connectivity index (χ0) is 20.1. The predicted molar refractivity (Wildman–Crippen MR) is 110 cm³/mol. The number of rotatable bonds is 8. The summed E-state index contributed by atoms with van der Waals surface area (Å²) in [5.74, 6) is 0.692. The van der Waals surface area contributed by atoms with E-state index in [-0.39, 0.29) is 13.0 Å². The number of aliphatic carboxylic acids is 1. The van der Waals surface area contributed by atoms with Crippen LogP contribution in [0.4, 0.5) is 0 Å². The number of fused-ring (bicyclic) bond motifs is 1. The molecule has 6 nitrogen and oxygen atoms in total. The largest absolute Gasteiger partial charge is 0.550 e. The van der Waals surface area contributed by atoms with Crippen LogP contribution < -0.4 is 9.84 Å². The van der Waals surface area contributed by atoms with Crippen LogP contribution in [-0.2, 0) is 11.4 Å². The van der Waals surface area contributed by atoms with Crippen LogP contribution >= 0.6 is 11.8 Å². The molecule has 0 spiro atoms. The summed E-state index contributed by atoms with van der Waals surface area (Å²) >= 11 is 1.33. The molecule has 29 heavy (non-hydrogen) atoms. The number of benzene rings is 3. The second kappa shape index (κ2) is 8.79. The summed E-state index contributed by atoms with van der Waals surface area (Å²) in [4.78, 5) is 10.7. The highest BCUT2D eigenvalue weighted by molar-refractivity contribution is 7.99. The van der Waals surface area contributed by atoms with Crippen LogP contribution in [-0.4, -0.2) is 26.5 Å². The van der Waals surface area contributed by atoms with E-state index >= 15 is 0 Å². The van der Waals surface area contributed by atoms with Gasteiger partial charge in [0.05, 0.1) is 0 Å².